The molecule has 0 spiro atoms. The standard InChI is InChI=1S/C22H34O6/c1-3-7-19(23)9-5-15-27-21(25)17-11-13-18(14-12-17)22(26)28-16-6-10-20(24)8-4-2/h11-14,19-20,23-24H,3-10,15-16H2,1-2H3. The van der Waals surface area contributed by atoms with Gasteiger partial charge in [0, 0.05) is 0 Å². The molecule has 0 saturated heterocycles. The zero-order valence-corrected chi connectivity index (χ0v) is 17.1. The summed E-state index contributed by atoms with van der Waals surface area (Å²) in [6.07, 6.45) is 5.13. The van der Waals surface area contributed by atoms with Gasteiger partial charge in [-0.3, -0.25) is 0 Å². The van der Waals surface area contributed by atoms with Gasteiger partial charge in [-0.25, -0.2) is 9.59 Å². The van der Waals surface area contributed by atoms with E-state index in [1.807, 2.05) is 13.8 Å². The Morgan fingerprint density at radius 3 is 1.43 bits per heavy atom. The molecular formula is C22H34O6. The van der Waals surface area contributed by atoms with Crippen LogP contribution < -0.4 is 0 Å². The maximum absolute atomic E-state index is 12.0. The van der Waals surface area contributed by atoms with Crippen molar-refractivity contribution in [2.45, 2.75) is 77.4 Å². The molecule has 0 fully saturated rings. The van der Waals surface area contributed by atoms with E-state index >= 15 is 0 Å². The fourth-order valence-corrected chi connectivity index (χ4v) is 2.83. The predicted octanol–water partition coefficient (Wildman–Crippen LogP) is 3.88. The van der Waals surface area contributed by atoms with Gasteiger partial charge in [-0.05, 0) is 62.8 Å². The minimum atomic E-state index is -0.449. The van der Waals surface area contributed by atoms with E-state index in [0.717, 1.165) is 25.7 Å². The second-order valence-corrected chi connectivity index (χ2v) is 7.02. The number of benzene rings is 1. The first-order chi connectivity index (χ1) is 13.5. The Bertz CT molecular complexity index is 518. The lowest BCUT2D eigenvalue weighted by Crippen LogP contribution is -2.12. The predicted molar refractivity (Wildman–Crippen MR) is 107 cm³/mol. The van der Waals surface area contributed by atoms with Gasteiger partial charge in [0.05, 0.1) is 36.5 Å². The molecule has 1 aromatic rings. The summed E-state index contributed by atoms with van der Waals surface area (Å²) in [5.41, 5.74) is 0.738. The molecule has 0 heterocycles. The Labute approximate surface area is 167 Å². The van der Waals surface area contributed by atoms with Gasteiger partial charge in [-0.15, -0.1) is 0 Å². The van der Waals surface area contributed by atoms with E-state index in [1.54, 1.807) is 0 Å². The van der Waals surface area contributed by atoms with Gasteiger partial charge in [-0.2, -0.15) is 0 Å². The van der Waals surface area contributed by atoms with Crippen molar-refractivity contribution in [3.8, 4) is 0 Å². The summed E-state index contributed by atoms with van der Waals surface area (Å²) in [7, 11) is 0. The highest BCUT2D eigenvalue weighted by Crippen LogP contribution is 2.10. The van der Waals surface area contributed by atoms with E-state index in [2.05, 4.69) is 0 Å². The van der Waals surface area contributed by atoms with Crippen LogP contribution in [0.3, 0.4) is 0 Å². The van der Waals surface area contributed by atoms with E-state index in [9.17, 15) is 19.8 Å². The highest BCUT2D eigenvalue weighted by molar-refractivity contribution is 5.93. The number of rotatable bonds is 14. The molecule has 1 rings (SSSR count). The van der Waals surface area contributed by atoms with Crippen molar-refractivity contribution in [1.29, 1.82) is 0 Å². The molecule has 0 bridgehead atoms. The van der Waals surface area contributed by atoms with Crippen molar-refractivity contribution in [2.75, 3.05) is 13.2 Å². The van der Waals surface area contributed by atoms with Crippen molar-refractivity contribution in [3.63, 3.8) is 0 Å². The monoisotopic (exact) mass is 394 g/mol. The number of aliphatic hydroxyl groups is 2. The third kappa shape index (κ3) is 9.85. The van der Waals surface area contributed by atoms with Crippen molar-refractivity contribution in [2.24, 2.45) is 0 Å². The van der Waals surface area contributed by atoms with Gasteiger partial charge in [0.15, 0.2) is 0 Å². The molecule has 158 valence electrons. The van der Waals surface area contributed by atoms with Crippen LogP contribution in [0.25, 0.3) is 0 Å². The number of carbonyl (C=O) groups is 2. The Morgan fingerprint density at radius 2 is 1.11 bits per heavy atom. The average Bonchev–Trinajstić information content (AvgIpc) is 2.69. The first-order valence-corrected chi connectivity index (χ1v) is 10.3. The van der Waals surface area contributed by atoms with E-state index < -0.39 is 11.9 Å². The molecule has 0 radical (unpaired) electrons. The highest BCUT2D eigenvalue weighted by Gasteiger charge is 2.12. The Balaban J connectivity index is 2.31. The summed E-state index contributed by atoms with van der Waals surface area (Å²) >= 11 is 0. The minimum absolute atomic E-state index is 0.257. The molecule has 0 aliphatic carbocycles. The molecule has 0 saturated carbocycles. The molecule has 28 heavy (non-hydrogen) atoms. The number of hydrogen-bond donors (Lipinski definition) is 2. The van der Waals surface area contributed by atoms with Crippen LogP contribution in [0, 0.1) is 0 Å². The summed E-state index contributed by atoms with van der Waals surface area (Å²) in [4.78, 5) is 24.0. The number of hydrogen-bond acceptors (Lipinski definition) is 6. The number of aliphatic hydroxyl groups excluding tert-OH is 2. The third-order valence-corrected chi connectivity index (χ3v) is 4.43. The topological polar surface area (TPSA) is 93.1 Å². The first-order valence-electron chi connectivity index (χ1n) is 10.3. The average molecular weight is 395 g/mol. The summed E-state index contributed by atoms with van der Waals surface area (Å²) in [5, 5.41) is 19.3. The van der Waals surface area contributed by atoms with Crippen LogP contribution in [-0.4, -0.2) is 47.6 Å². The van der Waals surface area contributed by atoms with Crippen molar-refractivity contribution in [1.82, 2.24) is 0 Å². The zero-order valence-electron chi connectivity index (χ0n) is 17.1. The fraction of sp³-hybridized carbons (Fsp3) is 0.636. The van der Waals surface area contributed by atoms with Gasteiger partial charge < -0.3 is 19.7 Å². The van der Waals surface area contributed by atoms with E-state index in [-0.39, 0.29) is 25.4 Å². The van der Waals surface area contributed by atoms with Crippen molar-refractivity contribution in [3.05, 3.63) is 35.4 Å². The lowest BCUT2D eigenvalue weighted by Gasteiger charge is -2.10. The van der Waals surface area contributed by atoms with E-state index in [1.165, 1.54) is 24.3 Å². The number of carbonyl (C=O) groups excluding carboxylic acids is 2. The Morgan fingerprint density at radius 1 is 0.750 bits per heavy atom. The van der Waals surface area contributed by atoms with Crippen LogP contribution >= 0.6 is 0 Å². The molecule has 0 amide bonds. The lowest BCUT2D eigenvalue weighted by molar-refractivity contribution is 0.0462. The lowest BCUT2D eigenvalue weighted by atomic mass is 10.1. The summed E-state index contributed by atoms with van der Waals surface area (Å²) in [6.45, 7) is 4.54. The molecule has 1 aromatic carbocycles. The van der Waals surface area contributed by atoms with Gasteiger partial charge in [-0.1, -0.05) is 26.7 Å². The van der Waals surface area contributed by atoms with Gasteiger partial charge in [0.25, 0.3) is 0 Å². The molecule has 6 heteroatoms. The van der Waals surface area contributed by atoms with Crippen molar-refractivity contribution < 1.29 is 29.3 Å². The summed E-state index contributed by atoms with van der Waals surface area (Å²) in [5.74, 6) is -0.898. The molecule has 6 nitrogen and oxygen atoms in total. The van der Waals surface area contributed by atoms with Crippen LogP contribution in [0.15, 0.2) is 24.3 Å². The molecule has 2 atom stereocenters. The fourth-order valence-electron chi connectivity index (χ4n) is 2.83. The molecule has 2 N–H and O–H groups in total. The minimum Gasteiger partial charge on any atom is -0.462 e. The SMILES string of the molecule is CCCC(O)CCCOC(=O)c1ccc(C(=O)OCCCC(O)CCC)cc1. The number of esters is 2. The molecule has 0 aliphatic rings. The van der Waals surface area contributed by atoms with Gasteiger partial charge in [0.2, 0.25) is 0 Å². The second kappa shape index (κ2) is 14.1. The summed E-state index contributed by atoms with van der Waals surface area (Å²) in [6, 6.07) is 6.15. The maximum atomic E-state index is 12.0. The van der Waals surface area contributed by atoms with Crippen LogP contribution in [0.2, 0.25) is 0 Å². The normalized spacial score (nSPS) is 13.0. The molecular weight excluding hydrogens is 360 g/mol. The first kappa shape index (κ1) is 24.1. The zero-order chi connectivity index (χ0) is 20.8. The third-order valence-electron chi connectivity index (χ3n) is 4.43. The maximum Gasteiger partial charge on any atom is 0.338 e. The molecule has 2 unspecified atom stereocenters. The quantitative estimate of drug-likeness (QED) is 0.367. The van der Waals surface area contributed by atoms with E-state index in [4.69, 9.17) is 9.47 Å². The smallest absolute Gasteiger partial charge is 0.338 e. The number of ether oxygens (including phenoxy) is 2. The van der Waals surface area contributed by atoms with Crippen LogP contribution in [0.1, 0.15) is 85.9 Å². The van der Waals surface area contributed by atoms with Gasteiger partial charge in [0.1, 0.15) is 0 Å². The van der Waals surface area contributed by atoms with Crippen molar-refractivity contribution >= 4 is 11.9 Å². The second-order valence-electron chi connectivity index (χ2n) is 7.02. The van der Waals surface area contributed by atoms with E-state index in [0.29, 0.717) is 36.8 Å². The largest absolute Gasteiger partial charge is 0.462 e. The summed E-state index contributed by atoms with van der Waals surface area (Å²) < 4.78 is 10.4. The van der Waals surface area contributed by atoms with Crippen LogP contribution in [0.5, 0.6) is 0 Å². The van der Waals surface area contributed by atoms with Crippen LogP contribution in [-0.2, 0) is 9.47 Å². The highest BCUT2D eigenvalue weighted by atomic mass is 16.5. The van der Waals surface area contributed by atoms with Gasteiger partial charge >= 0.3 is 11.9 Å². The molecule has 0 aliphatic heterocycles. The Kier molecular flexibility index (Phi) is 12.2. The van der Waals surface area contributed by atoms with Crippen LogP contribution in [0.4, 0.5) is 0 Å². The Hall–Kier alpha value is -1.92. The molecule has 0 aromatic heterocycles.